The van der Waals surface area contributed by atoms with E-state index in [2.05, 4.69) is 17.6 Å². The van der Waals surface area contributed by atoms with Crippen LogP contribution in [0.25, 0.3) is 0 Å². The highest BCUT2D eigenvalue weighted by Crippen LogP contribution is 2.20. The molecule has 1 aliphatic heterocycles. The van der Waals surface area contributed by atoms with Gasteiger partial charge in [-0.2, -0.15) is 0 Å². The largest absolute Gasteiger partial charge is 0.349 e. The van der Waals surface area contributed by atoms with E-state index in [0.29, 0.717) is 5.02 Å². The first-order valence-electron chi connectivity index (χ1n) is 6.37. The van der Waals surface area contributed by atoms with Crippen LogP contribution in [-0.4, -0.2) is 18.5 Å². The maximum absolute atomic E-state index is 12.1. The van der Waals surface area contributed by atoms with E-state index in [9.17, 15) is 4.79 Å². The predicted molar refractivity (Wildman–Crippen MR) is 73.6 cm³/mol. The van der Waals surface area contributed by atoms with Crippen molar-refractivity contribution < 1.29 is 4.79 Å². The van der Waals surface area contributed by atoms with Gasteiger partial charge in [0.2, 0.25) is 5.91 Å². The fourth-order valence-electron chi connectivity index (χ4n) is 2.40. The summed E-state index contributed by atoms with van der Waals surface area (Å²) in [6.07, 6.45) is 0.912. The van der Waals surface area contributed by atoms with Crippen molar-refractivity contribution in [2.75, 3.05) is 6.54 Å². The molecule has 2 unspecified atom stereocenters. The van der Waals surface area contributed by atoms with Crippen molar-refractivity contribution in [1.29, 1.82) is 0 Å². The Morgan fingerprint density at radius 2 is 2.33 bits per heavy atom. The smallest absolute Gasteiger partial charge is 0.225 e. The van der Waals surface area contributed by atoms with E-state index in [0.717, 1.165) is 18.5 Å². The average molecular weight is 267 g/mol. The molecule has 1 amide bonds. The second-order valence-electron chi connectivity index (χ2n) is 4.92. The van der Waals surface area contributed by atoms with Crippen LogP contribution in [0.4, 0.5) is 0 Å². The first-order chi connectivity index (χ1) is 8.58. The van der Waals surface area contributed by atoms with Crippen molar-refractivity contribution in [2.45, 2.75) is 32.4 Å². The summed E-state index contributed by atoms with van der Waals surface area (Å²) in [5, 5.41) is 7.05. The maximum atomic E-state index is 12.1. The Kier molecular flexibility index (Phi) is 4.25. The van der Waals surface area contributed by atoms with Crippen LogP contribution < -0.4 is 10.6 Å². The van der Waals surface area contributed by atoms with Crippen LogP contribution in [0.15, 0.2) is 24.3 Å². The molecule has 0 aromatic heterocycles. The zero-order valence-corrected chi connectivity index (χ0v) is 11.5. The minimum absolute atomic E-state index is 0.0102. The van der Waals surface area contributed by atoms with Crippen molar-refractivity contribution in [2.24, 2.45) is 5.92 Å². The predicted octanol–water partition coefficient (Wildman–Crippen LogP) is 2.52. The highest BCUT2D eigenvalue weighted by molar-refractivity contribution is 6.30. The van der Waals surface area contributed by atoms with Crippen LogP contribution >= 0.6 is 11.6 Å². The summed E-state index contributed by atoms with van der Waals surface area (Å²) in [7, 11) is 0. The van der Waals surface area contributed by atoms with Gasteiger partial charge in [-0.3, -0.25) is 4.79 Å². The van der Waals surface area contributed by atoms with Crippen LogP contribution in [0.2, 0.25) is 5.02 Å². The summed E-state index contributed by atoms with van der Waals surface area (Å²) >= 11 is 5.95. The fourth-order valence-corrected chi connectivity index (χ4v) is 2.60. The normalized spacial score (nSPS) is 24.8. The topological polar surface area (TPSA) is 41.1 Å². The number of carbonyl (C=O) groups is 1. The summed E-state index contributed by atoms with van der Waals surface area (Å²) < 4.78 is 0. The monoisotopic (exact) mass is 266 g/mol. The van der Waals surface area contributed by atoms with Crippen molar-refractivity contribution in [3.8, 4) is 0 Å². The zero-order valence-electron chi connectivity index (χ0n) is 10.7. The molecule has 4 heteroatoms. The molecule has 1 heterocycles. The van der Waals surface area contributed by atoms with Crippen LogP contribution in [0.1, 0.15) is 31.9 Å². The Hall–Kier alpha value is -1.06. The van der Waals surface area contributed by atoms with E-state index in [1.165, 1.54) is 0 Å². The molecular formula is C14H19ClN2O. The standard InChI is InChI=1S/C14H19ClN2O/c1-9(11-4-3-5-12(15)8-11)17-14(18)13-6-7-16-10(13)2/h3-5,8-10,13,16H,6-7H2,1-2H3,(H,17,18)/t9-,10?,13?/m0/s1. The first kappa shape index (κ1) is 13.4. The number of nitrogens with one attached hydrogen (secondary N) is 2. The molecule has 0 spiro atoms. The van der Waals surface area contributed by atoms with E-state index in [-0.39, 0.29) is 23.9 Å². The molecule has 1 saturated heterocycles. The van der Waals surface area contributed by atoms with Crippen LogP contribution in [0.3, 0.4) is 0 Å². The van der Waals surface area contributed by atoms with E-state index >= 15 is 0 Å². The van der Waals surface area contributed by atoms with Crippen molar-refractivity contribution in [3.05, 3.63) is 34.9 Å². The van der Waals surface area contributed by atoms with E-state index < -0.39 is 0 Å². The quantitative estimate of drug-likeness (QED) is 0.883. The molecule has 1 aliphatic rings. The molecule has 2 rings (SSSR count). The van der Waals surface area contributed by atoms with Crippen LogP contribution in [0, 0.1) is 5.92 Å². The highest BCUT2D eigenvalue weighted by Gasteiger charge is 2.29. The van der Waals surface area contributed by atoms with Crippen molar-refractivity contribution >= 4 is 17.5 Å². The van der Waals surface area contributed by atoms with Gasteiger partial charge in [-0.15, -0.1) is 0 Å². The second kappa shape index (κ2) is 5.72. The third-order valence-corrected chi connectivity index (χ3v) is 3.80. The molecule has 1 aromatic carbocycles. The highest BCUT2D eigenvalue weighted by atomic mass is 35.5. The molecular weight excluding hydrogens is 248 g/mol. The Morgan fingerprint density at radius 3 is 2.94 bits per heavy atom. The molecule has 0 aliphatic carbocycles. The number of carbonyl (C=O) groups excluding carboxylic acids is 1. The lowest BCUT2D eigenvalue weighted by atomic mass is 10.00. The van der Waals surface area contributed by atoms with Crippen LogP contribution in [0.5, 0.6) is 0 Å². The SMILES string of the molecule is CC1NCCC1C(=O)N[C@@H](C)c1cccc(Cl)c1. The van der Waals surface area contributed by atoms with Gasteiger partial charge in [0.25, 0.3) is 0 Å². The van der Waals surface area contributed by atoms with Gasteiger partial charge in [-0.1, -0.05) is 23.7 Å². The summed E-state index contributed by atoms with van der Waals surface area (Å²) in [5.41, 5.74) is 1.04. The van der Waals surface area contributed by atoms with Gasteiger partial charge >= 0.3 is 0 Å². The third kappa shape index (κ3) is 3.03. The van der Waals surface area contributed by atoms with Crippen molar-refractivity contribution in [3.63, 3.8) is 0 Å². The van der Waals surface area contributed by atoms with Gasteiger partial charge in [-0.25, -0.2) is 0 Å². The third-order valence-electron chi connectivity index (χ3n) is 3.57. The maximum Gasteiger partial charge on any atom is 0.225 e. The number of benzene rings is 1. The van der Waals surface area contributed by atoms with Crippen molar-refractivity contribution in [1.82, 2.24) is 10.6 Å². The van der Waals surface area contributed by atoms with Crippen LogP contribution in [-0.2, 0) is 4.79 Å². The molecule has 1 fully saturated rings. The second-order valence-corrected chi connectivity index (χ2v) is 5.36. The summed E-state index contributed by atoms with van der Waals surface area (Å²) in [6, 6.07) is 7.86. The summed E-state index contributed by atoms with van der Waals surface area (Å²) in [4.78, 5) is 12.1. The van der Waals surface area contributed by atoms with Gasteiger partial charge in [0.05, 0.1) is 12.0 Å². The lowest BCUT2D eigenvalue weighted by Crippen LogP contribution is -2.37. The Bertz CT molecular complexity index is 436. The molecule has 1 aromatic rings. The van der Waals surface area contributed by atoms with Gasteiger partial charge in [0.1, 0.15) is 0 Å². The van der Waals surface area contributed by atoms with E-state index in [1.807, 2.05) is 31.2 Å². The summed E-state index contributed by atoms with van der Waals surface area (Å²) in [5.74, 6) is 0.201. The van der Waals surface area contributed by atoms with E-state index in [1.54, 1.807) is 0 Å². The lowest BCUT2D eigenvalue weighted by molar-refractivity contribution is -0.125. The molecule has 0 radical (unpaired) electrons. The minimum Gasteiger partial charge on any atom is -0.349 e. The number of hydrogen-bond acceptors (Lipinski definition) is 2. The zero-order chi connectivity index (χ0) is 13.1. The molecule has 98 valence electrons. The number of amides is 1. The average Bonchev–Trinajstić information content (AvgIpc) is 2.75. The number of halogens is 1. The molecule has 18 heavy (non-hydrogen) atoms. The number of hydrogen-bond donors (Lipinski definition) is 2. The van der Waals surface area contributed by atoms with Gasteiger partial charge in [-0.05, 0) is 44.5 Å². The Labute approximate surface area is 113 Å². The molecule has 3 nitrogen and oxygen atoms in total. The van der Waals surface area contributed by atoms with Gasteiger partial charge in [0, 0.05) is 11.1 Å². The summed E-state index contributed by atoms with van der Waals surface area (Å²) in [6.45, 7) is 4.96. The number of rotatable bonds is 3. The Morgan fingerprint density at radius 1 is 1.56 bits per heavy atom. The molecule has 3 atom stereocenters. The fraction of sp³-hybridized carbons (Fsp3) is 0.500. The first-order valence-corrected chi connectivity index (χ1v) is 6.75. The molecule has 0 bridgehead atoms. The molecule has 2 N–H and O–H groups in total. The Balaban J connectivity index is 1.98. The van der Waals surface area contributed by atoms with Gasteiger partial charge < -0.3 is 10.6 Å². The van der Waals surface area contributed by atoms with E-state index in [4.69, 9.17) is 11.6 Å². The van der Waals surface area contributed by atoms with Gasteiger partial charge in [0.15, 0.2) is 0 Å². The molecule has 0 saturated carbocycles. The lowest BCUT2D eigenvalue weighted by Gasteiger charge is -2.19. The minimum atomic E-state index is -0.0102.